The van der Waals surface area contributed by atoms with Crippen molar-refractivity contribution in [1.82, 2.24) is 0 Å². The van der Waals surface area contributed by atoms with Crippen LogP contribution in [0.1, 0.15) is 33.9 Å². The molecule has 1 nitrogen and oxygen atoms in total. The van der Waals surface area contributed by atoms with Gasteiger partial charge >= 0.3 is 6.18 Å². The summed E-state index contributed by atoms with van der Waals surface area (Å²) in [6, 6.07) is 7.80. The van der Waals surface area contributed by atoms with Crippen LogP contribution >= 0.6 is 0 Å². The second-order valence-electron chi connectivity index (χ2n) is 5.07. The lowest BCUT2D eigenvalue weighted by atomic mass is 9.93. The van der Waals surface area contributed by atoms with Crippen LogP contribution in [-0.4, -0.2) is 0 Å². The third-order valence-corrected chi connectivity index (χ3v) is 3.43. The molecule has 0 aliphatic heterocycles. The molecule has 2 N–H and O–H groups in total. The van der Waals surface area contributed by atoms with Crippen LogP contribution in [0.5, 0.6) is 0 Å². The van der Waals surface area contributed by atoms with Crippen molar-refractivity contribution in [1.29, 1.82) is 0 Å². The van der Waals surface area contributed by atoms with E-state index in [2.05, 4.69) is 0 Å². The van der Waals surface area contributed by atoms with E-state index in [0.717, 1.165) is 28.8 Å². The normalized spacial score (nSPS) is 13.3. The fraction of sp³-hybridized carbons (Fsp3) is 0.250. The van der Waals surface area contributed by atoms with Gasteiger partial charge in [0.2, 0.25) is 0 Å². The van der Waals surface area contributed by atoms with Gasteiger partial charge in [-0.3, -0.25) is 0 Å². The van der Waals surface area contributed by atoms with Gasteiger partial charge in [0.15, 0.2) is 0 Å². The van der Waals surface area contributed by atoms with Gasteiger partial charge in [0.1, 0.15) is 5.82 Å². The highest BCUT2D eigenvalue weighted by atomic mass is 19.4. The van der Waals surface area contributed by atoms with Crippen LogP contribution in [-0.2, 0) is 6.18 Å². The van der Waals surface area contributed by atoms with Gasteiger partial charge in [-0.2, -0.15) is 13.2 Å². The molecular weight excluding hydrogens is 282 g/mol. The third kappa shape index (κ3) is 3.24. The van der Waals surface area contributed by atoms with E-state index in [1.54, 1.807) is 0 Å². The van der Waals surface area contributed by atoms with Gasteiger partial charge in [-0.05, 0) is 42.7 Å². The standard InChI is InChI=1S/C16H15F4N/c1-9-3-4-10(2)12(7-9)15(21)11-5-6-13(14(17)8-11)16(18,19)20/h3-8,15H,21H2,1-2H3. The second kappa shape index (κ2) is 5.48. The second-order valence-corrected chi connectivity index (χ2v) is 5.07. The van der Waals surface area contributed by atoms with Crippen LogP contribution in [0.25, 0.3) is 0 Å². The predicted octanol–water partition coefficient (Wildman–Crippen LogP) is 4.51. The smallest absolute Gasteiger partial charge is 0.320 e. The van der Waals surface area contributed by atoms with Crippen molar-refractivity contribution < 1.29 is 17.6 Å². The largest absolute Gasteiger partial charge is 0.419 e. The average molecular weight is 297 g/mol. The maximum atomic E-state index is 13.6. The van der Waals surface area contributed by atoms with Crippen molar-refractivity contribution in [3.05, 3.63) is 70.0 Å². The molecular formula is C16H15F4N. The monoisotopic (exact) mass is 297 g/mol. The number of aryl methyl sites for hydroxylation is 2. The summed E-state index contributed by atoms with van der Waals surface area (Å²) in [5.74, 6) is -1.30. The molecule has 0 saturated carbocycles. The number of rotatable bonds is 2. The summed E-state index contributed by atoms with van der Waals surface area (Å²) in [6.45, 7) is 3.75. The molecule has 2 aromatic rings. The summed E-state index contributed by atoms with van der Waals surface area (Å²) >= 11 is 0. The van der Waals surface area contributed by atoms with E-state index in [-0.39, 0.29) is 0 Å². The van der Waals surface area contributed by atoms with Gasteiger partial charge in [-0.15, -0.1) is 0 Å². The van der Waals surface area contributed by atoms with Crippen LogP contribution < -0.4 is 5.73 Å². The van der Waals surface area contributed by atoms with Gasteiger partial charge < -0.3 is 5.73 Å². The Balaban J connectivity index is 2.43. The lowest BCUT2D eigenvalue weighted by Crippen LogP contribution is -2.15. The molecule has 0 aliphatic carbocycles. The van der Waals surface area contributed by atoms with E-state index < -0.39 is 23.6 Å². The highest BCUT2D eigenvalue weighted by Crippen LogP contribution is 2.33. The summed E-state index contributed by atoms with van der Waals surface area (Å²) in [7, 11) is 0. The molecule has 2 rings (SSSR count). The Labute approximate surface area is 120 Å². The zero-order valence-corrected chi connectivity index (χ0v) is 11.6. The molecule has 0 bridgehead atoms. The molecule has 0 aromatic heterocycles. The van der Waals surface area contributed by atoms with E-state index in [4.69, 9.17) is 5.73 Å². The third-order valence-electron chi connectivity index (χ3n) is 3.43. The fourth-order valence-corrected chi connectivity index (χ4v) is 2.23. The Morgan fingerprint density at radius 2 is 1.67 bits per heavy atom. The van der Waals surface area contributed by atoms with Crippen molar-refractivity contribution in [3.63, 3.8) is 0 Å². The lowest BCUT2D eigenvalue weighted by Gasteiger charge is -2.17. The molecule has 21 heavy (non-hydrogen) atoms. The first-order valence-corrected chi connectivity index (χ1v) is 6.39. The number of hydrogen-bond acceptors (Lipinski definition) is 1. The zero-order valence-electron chi connectivity index (χ0n) is 11.6. The molecule has 1 unspecified atom stereocenters. The minimum atomic E-state index is -4.70. The summed E-state index contributed by atoms with van der Waals surface area (Å²) in [4.78, 5) is 0. The van der Waals surface area contributed by atoms with E-state index >= 15 is 0 Å². The summed E-state index contributed by atoms with van der Waals surface area (Å²) in [5, 5.41) is 0. The Morgan fingerprint density at radius 1 is 1.00 bits per heavy atom. The highest BCUT2D eigenvalue weighted by molar-refractivity contribution is 5.40. The first-order chi connectivity index (χ1) is 9.70. The molecule has 0 aliphatic rings. The molecule has 0 amide bonds. The molecule has 112 valence electrons. The van der Waals surface area contributed by atoms with Crippen LogP contribution in [0.4, 0.5) is 17.6 Å². The van der Waals surface area contributed by atoms with Crippen LogP contribution in [0.2, 0.25) is 0 Å². The first kappa shape index (κ1) is 15.5. The van der Waals surface area contributed by atoms with E-state index in [1.807, 2.05) is 32.0 Å². The van der Waals surface area contributed by atoms with Gasteiger partial charge in [-0.1, -0.05) is 29.8 Å². The highest BCUT2D eigenvalue weighted by Gasteiger charge is 2.34. The SMILES string of the molecule is Cc1ccc(C)c(C(N)c2ccc(C(F)(F)F)c(F)c2)c1. The predicted molar refractivity (Wildman–Crippen MR) is 73.3 cm³/mol. The van der Waals surface area contributed by atoms with Gasteiger partial charge in [0, 0.05) is 0 Å². The van der Waals surface area contributed by atoms with Crippen molar-refractivity contribution in [2.75, 3.05) is 0 Å². The first-order valence-electron chi connectivity index (χ1n) is 6.39. The van der Waals surface area contributed by atoms with E-state index in [0.29, 0.717) is 5.56 Å². The molecule has 1 atom stereocenters. The van der Waals surface area contributed by atoms with Gasteiger partial charge in [0.05, 0.1) is 11.6 Å². The van der Waals surface area contributed by atoms with Crippen LogP contribution in [0.3, 0.4) is 0 Å². The molecule has 2 aromatic carbocycles. The molecule has 5 heteroatoms. The maximum Gasteiger partial charge on any atom is 0.419 e. The van der Waals surface area contributed by atoms with E-state index in [1.165, 1.54) is 6.07 Å². The van der Waals surface area contributed by atoms with Crippen molar-refractivity contribution in [3.8, 4) is 0 Å². The summed E-state index contributed by atoms with van der Waals surface area (Å²) in [6.07, 6.45) is -4.70. The quantitative estimate of drug-likeness (QED) is 0.811. The molecule has 0 spiro atoms. The summed E-state index contributed by atoms with van der Waals surface area (Å²) in [5.41, 5.74) is 7.77. The molecule has 0 heterocycles. The van der Waals surface area contributed by atoms with Crippen LogP contribution in [0, 0.1) is 19.7 Å². The zero-order chi connectivity index (χ0) is 15.8. The Bertz CT molecular complexity index is 662. The number of hydrogen-bond donors (Lipinski definition) is 1. The lowest BCUT2D eigenvalue weighted by molar-refractivity contribution is -0.140. The minimum Gasteiger partial charge on any atom is -0.320 e. The Hall–Kier alpha value is -1.88. The van der Waals surface area contributed by atoms with Gasteiger partial charge in [-0.25, -0.2) is 4.39 Å². The van der Waals surface area contributed by atoms with Crippen molar-refractivity contribution >= 4 is 0 Å². The van der Waals surface area contributed by atoms with Crippen LogP contribution in [0.15, 0.2) is 36.4 Å². The van der Waals surface area contributed by atoms with Gasteiger partial charge in [0.25, 0.3) is 0 Å². The average Bonchev–Trinajstić information content (AvgIpc) is 2.39. The minimum absolute atomic E-state index is 0.314. The van der Waals surface area contributed by atoms with Crippen molar-refractivity contribution in [2.24, 2.45) is 5.73 Å². The molecule has 0 fully saturated rings. The number of benzene rings is 2. The van der Waals surface area contributed by atoms with E-state index in [9.17, 15) is 17.6 Å². The molecule has 0 radical (unpaired) electrons. The number of nitrogens with two attached hydrogens (primary N) is 1. The number of alkyl halides is 3. The topological polar surface area (TPSA) is 26.0 Å². The van der Waals surface area contributed by atoms with Crippen molar-refractivity contribution in [2.45, 2.75) is 26.1 Å². The Kier molecular flexibility index (Phi) is 4.05. The summed E-state index contributed by atoms with van der Waals surface area (Å²) < 4.78 is 51.3. The fourth-order valence-electron chi connectivity index (χ4n) is 2.23. The molecule has 0 saturated heterocycles. The Morgan fingerprint density at radius 3 is 2.24 bits per heavy atom. The maximum absolute atomic E-state index is 13.6. The number of halogens is 4.